The summed E-state index contributed by atoms with van der Waals surface area (Å²) >= 11 is 5.91. The molecule has 2 aromatic carbocycles. The van der Waals surface area contributed by atoms with E-state index in [1.165, 1.54) is 49.7 Å². The number of nitro benzene ring substituents is 1. The summed E-state index contributed by atoms with van der Waals surface area (Å²) in [5.74, 6) is 0.158. The summed E-state index contributed by atoms with van der Waals surface area (Å²) in [4.78, 5) is 10.1. The zero-order valence-electron chi connectivity index (χ0n) is 11.5. The van der Waals surface area contributed by atoms with Crippen molar-refractivity contribution in [2.45, 2.75) is 0 Å². The molecule has 0 spiro atoms. The van der Waals surface area contributed by atoms with E-state index >= 15 is 0 Å². The van der Waals surface area contributed by atoms with Crippen molar-refractivity contribution in [1.29, 1.82) is 0 Å². The zero-order valence-corrected chi connectivity index (χ0v) is 12.2. The molecule has 0 bridgehead atoms. The van der Waals surface area contributed by atoms with Crippen LogP contribution >= 0.6 is 11.6 Å². The highest BCUT2D eigenvalue weighted by molar-refractivity contribution is 6.31. The molecule has 0 aliphatic rings. The van der Waals surface area contributed by atoms with E-state index in [0.29, 0.717) is 16.3 Å². The van der Waals surface area contributed by atoms with Crippen molar-refractivity contribution >= 4 is 29.2 Å². The molecule has 0 aromatic heterocycles. The number of aromatic hydroxyl groups is 1. The van der Waals surface area contributed by atoms with Crippen molar-refractivity contribution in [3.8, 4) is 11.5 Å². The number of nitro groups is 1. The van der Waals surface area contributed by atoms with Gasteiger partial charge in [-0.25, -0.2) is 0 Å². The summed E-state index contributed by atoms with van der Waals surface area (Å²) in [6.45, 7) is 0. The maximum atomic E-state index is 10.5. The summed E-state index contributed by atoms with van der Waals surface area (Å²) < 4.78 is 4.99. The summed E-state index contributed by atoms with van der Waals surface area (Å²) in [5.41, 5.74) is 3.63. The van der Waals surface area contributed by atoms with Crippen molar-refractivity contribution in [3.05, 3.63) is 57.1 Å². The second-order valence-electron chi connectivity index (χ2n) is 4.22. The van der Waals surface area contributed by atoms with Gasteiger partial charge < -0.3 is 9.84 Å². The van der Waals surface area contributed by atoms with E-state index in [0.717, 1.165) is 0 Å². The third-order valence-corrected chi connectivity index (χ3v) is 2.98. The van der Waals surface area contributed by atoms with Crippen LogP contribution in [-0.2, 0) is 0 Å². The average molecular weight is 322 g/mol. The number of halogens is 1. The minimum atomic E-state index is -0.483. The largest absolute Gasteiger partial charge is 0.504 e. The fraction of sp³-hybridized carbons (Fsp3) is 0.0714. The molecule has 2 N–H and O–H groups in total. The topological polar surface area (TPSA) is 97.0 Å². The average Bonchev–Trinajstić information content (AvgIpc) is 2.50. The molecule has 0 saturated carbocycles. The first-order chi connectivity index (χ1) is 10.5. The van der Waals surface area contributed by atoms with Crippen LogP contribution in [0, 0.1) is 10.1 Å². The fourth-order valence-electron chi connectivity index (χ4n) is 1.68. The first-order valence-corrected chi connectivity index (χ1v) is 6.49. The Kier molecular flexibility index (Phi) is 4.80. The highest BCUT2D eigenvalue weighted by Gasteiger charge is 2.08. The Labute approximate surface area is 130 Å². The van der Waals surface area contributed by atoms with E-state index in [1.54, 1.807) is 0 Å². The van der Waals surface area contributed by atoms with Crippen LogP contribution in [0.5, 0.6) is 11.5 Å². The van der Waals surface area contributed by atoms with Gasteiger partial charge in [0.2, 0.25) is 0 Å². The third kappa shape index (κ3) is 3.64. The first kappa shape index (κ1) is 15.6. The summed E-state index contributed by atoms with van der Waals surface area (Å²) in [7, 11) is 1.42. The van der Waals surface area contributed by atoms with Gasteiger partial charge in [-0.3, -0.25) is 15.5 Å². The molecular formula is C14H12ClN3O4. The molecule has 0 aliphatic heterocycles. The molecule has 22 heavy (non-hydrogen) atoms. The zero-order chi connectivity index (χ0) is 16.1. The van der Waals surface area contributed by atoms with Gasteiger partial charge >= 0.3 is 0 Å². The van der Waals surface area contributed by atoms with Crippen LogP contribution in [-0.4, -0.2) is 23.4 Å². The van der Waals surface area contributed by atoms with Gasteiger partial charge in [0.15, 0.2) is 11.5 Å². The lowest BCUT2D eigenvalue weighted by Gasteiger charge is -2.06. The molecule has 114 valence electrons. The number of rotatable bonds is 5. The number of hydrogen-bond acceptors (Lipinski definition) is 6. The number of phenolic OH excluding ortho intramolecular Hbond substituents is 1. The lowest BCUT2D eigenvalue weighted by atomic mass is 10.2. The first-order valence-electron chi connectivity index (χ1n) is 6.11. The number of non-ortho nitro benzene ring substituents is 1. The van der Waals surface area contributed by atoms with Gasteiger partial charge in [0, 0.05) is 28.8 Å². The van der Waals surface area contributed by atoms with Crippen LogP contribution < -0.4 is 10.2 Å². The second-order valence-corrected chi connectivity index (χ2v) is 4.66. The predicted molar refractivity (Wildman–Crippen MR) is 84.0 cm³/mol. The molecule has 2 aromatic rings. The maximum absolute atomic E-state index is 10.5. The minimum absolute atomic E-state index is 0.00764. The Hall–Kier alpha value is -2.80. The van der Waals surface area contributed by atoms with Crippen molar-refractivity contribution in [2.24, 2.45) is 5.10 Å². The Morgan fingerprint density at radius 2 is 2.05 bits per heavy atom. The standard InChI is InChI=1S/C14H12ClN3O4/c1-22-13-7-10(15)6-9(14(13)19)8-16-17-11-2-4-12(5-3-11)18(20)21/h2-8,17,19H,1H3/b16-8+. The van der Waals surface area contributed by atoms with E-state index in [4.69, 9.17) is 16.3 Å². The van der Waals surface area contributed by atoms with Gasteiger partial charge in [0.05, 0.1) is 23.9 Å². The second kappa shape index (κ2) is 6.77. The van der Waals surface area contributed by atoms with Crippen LogP contribution in [0.25, 0.3) is 0 Å². The smallest absolute Gasteiger partial charge is 0.269 e. The molecule has 0 saturated heterocycles. The van der Waals surface area contributed by atoms with Gasteiger partial charge in [-0.2, -0.15) is 5.10 Å². The number of hydrogen-bond donors (Lipinski definition) is 2. The molecule has 0 amide bonds. The molecule has 8 heteroatoms. The minimum Gasteiger partial charge on any atom is -0.504 e. The van der Waals surface area contributed by atoms with Crippen molar-refractivity contribution in [3.63, 3.8) is 0 Å². The number of nitrogens with zero attached hydrogens (tertiary/aromatic N) is 2. The molecule has 0 unspecified atom stereocenters. The normalized spacial score (nSPS) is 10.6. The number of phenols is 1. The third-order valence-electron chi connectivity index (χ3n) is 2.76. The van der Waals surface area contributed by atoms with E-state index in [-0.39, 0.29) is 17.2 Å². The van der Waals surface area contributed by atoms with Crippen molar-refractivity contribution < 1.29 is 14.8 Å². The maximum Gasteiger partial charge on any atom is 0.269 e. The van der Waals surface area contributed by atoms with Crippen LogP contribution in [0.2, 0.25) is 5.02 Å². The molecule has 0 fully saturated rings. The summed E-state index contributed by atoms with van der Waals surface area (Å²) in [6.07, 6.45) is 1.37. The van der Waals surface area contributed by atoms with E-state index in [1.807, 2.05) is 0 Å². The molecule has 7 nitrogen and oxygen atoms in total. The predicted octanol–water partition coefficient (Wildman–Crippen LogP) is 3.41. The number of benzene rings is 2. The van der Waals surface area contributed by atoms with Crippen LogP contribution in [0.4, 0.5) is 11.4 Å². The highest BCUT2D eigenvalue weighted by Crippen LogP contribution is 2.32. The summed E-state index contributed by atoms with van der Waals surface area (Å²) in [5, 5.41) is 24.8. The van der Waals surface area contributed by atoms with Gasteiger partial charge in [-0.05, 0) is 18.2 Å². The Morgan fingerprint density at radius 3 is 2.64 bits per heavy atom. The van der Waals surface area contributed by atoms with Crippen LogP contribution in [0.3, 0.4) is 0 Å². The molecule has 0 atom stereocenters. The monoisotopic (exact) mass is 321 g/mol. The molecule has 0 aliphatic carbocycles. The van der Waals surface area contributed by atoms with Gasteiger partial charge in [0.1, 0.15) is 0 Å². The lowest BCUT2D eigenvalue weighted by Crippen LogP contribution is -1.93. The summed E-state index contributed by atoms with van der Waals surface area (Å²) in [6, 6.07) is 8.77. The van der Waals surface area contributed by atoms with Crippen LogP contribution in [0.1, 0.15) is 5.56 Å². The lowest BCUT2D eigenvalue weighted by molar-refractivity contribution is -0.384. The molecular weight excluding hydrogens is 310 g/mol. The Bertz CT molecular complexity index is 717. The number of methoxy groups -OCH3 is 1. The SMILES string of the molecule is COc1cc(Cl)cc(/C=N/Nc2ccc([N+](=O)[O-])cc2)c1O. The number of nitrogens with one attached hydrogen (secondary N) is 1. The van der Waals surface area contributed by atoms with E-state index < -0.39 is 4.92 Å². The fourth-order valence-corrected chi connectivity index (χ4v) is 1.90. The van der Waals surface area contributed by atoms with Crippen molar-refractivity contribution in [1.82, 2.24) is 0 Å². The Balaban J connectivity index is 2.12. The Morgan fingerprint density at radius 1 is 1.36 bits per heavy atom. The van der Waals surface area contributed by atoms with Crippen LogP contribution in [0.15, 0.2) is 41.5 Å². The number of ether oxygens (including phenoxy) is 1. The van der Waals surface area contributed by atoms with E-state index in [9.17, 15) is 15.2 Å². The van der Waals surface area contributed by atoms with Gasteiger partial charge in [-0.1, -0.05) is 11.6 Å². The molecule has 0 radical (unpaired) electrons. The molecule has 2 rings (SSSR count). The van der Waals surface area contributed by atoms with Gasteiger partial charge in [-0.15, -0.1) is 0 Å². The van der Waals surface area contributed by atoms with E-state index in [2.05, 4.69) is 10.5 Å². The quantitative estimate of drug-likeness (QED) is 0.499. The number of hydrazone groups is 1. The van der Waals surface area contributed by atoms with Gasteiger partial charge in [0.25, 0.3) is 5.69 Å². The number of anilines is 1. The van der Waals surface area contributed by atoms with Crippen molar-refractivity contribution in [2.75, 3.05) is 12.5 Å². The highest BCUT2D eigenvalue weighted by atomic mass is 35.5. The molecule has 0 heterocycles.